The van der Waals surface area contributed by atoms with Crippen molar-refractivity contribution in [2.45, 2.75) is 25.2 Å². The van der Waals surface area contributed by atoms with Crippen molar-refractivity contribution < 1.29 is 9.53 Å². The molecule has 0 aliphatic heterocycles. The molecule has 0 radical (unpaired) electrons. The molecule has 1 aromatic carbocycles. The van der Waals surface area contributed by atoms with Crippen LogP contribution in [0.4, 0.5) is 0 Å². The monoisotopic (exact) mass is 296 g/mol. The highest BCUT2D eigenvalue weighted by molar-refractivity contribution is 9.11. The third-order valence-electron chi connectivity index (χ3n) is 2.93. The van der Waals surface area contributed by atoms with Gasteiger partial charge in [-0.15, -0.1) is 0 Å². The summed E-state index contributed by atoms with van der Waals surface area (Å²) in [6.07, 6.45) is 2.62. The van der Waals surface area contributed by atoms with E-state index in [1.807, 2.05) is 24.3 Å². The minimum absolute atomic E-state index is 0.638. The largest absolute Gasteiger partial charge is 0.497 e. The van der Waals surface area contributed by atoms with Gasteiger partial charge >= 0.3 is 0 Å². The molecule has 1 aromatic rings. The molecule has 0 bridgehead atoms. The van der Waals surface area contributed by atoms with Crippen LogP contribution >= 0.6 is 15.9 Å². The first-order valence-corrected chi connectivity index (χ1v) is 6.35. The van der Waals surface area contributed by atoms with Crippen molar-refractivity contribution in [1.29, 1.82) is 0 Å². The molecule has 0 heterocycles. The van der Waals surface area contributed by atoms with E-state index in [9.17, 15) is 4.79 Å². The van der Waals surface area contributed by atoms with Gasteiger partial charge in [0.05, 0.1) is 12.5 Å². The third kappa shape index (κ3) is 2.78. The Bertz CT molecular complexity index is 397. The minimum atomic E-state index is -0.638. The highest BCUT2D eigenvalue weighted by Crippen LogP contribution is 2.37. The fourth-order valence-electron chi connectivity index (χ4n) is 1.91. The van der Waals surface area contributed by atoms with E-state index in [0.717, 1.165) is 30.4 Å². The Hall–Kier alpha value is -1.09. The van der Waals surface area contributed by atoms with Crippen molar-refractivity contribution >= 4 is 22.2 Å². The first-order chi connectivity index (χ1) is 8.10. The first kappa shape index (κ1) is 14.0. The topological polar surface area (TPSA) is 26.3 Å². The van der Waals surface area contributed by atoms with E-state index in [1.165, 1.54) is 0 Å². The number of carbonyl (C=O) groups excluding carboxylic acids is 1. The van der Waals surface area contributed by atoms with Crippen molar-refractivity contribution in [3.63, 3.8) is 0 Å². The molecular formula is C14H17BrO2. The Morgan fingerprint density at radius 3 is 2.41 bits per heavy atom. The second kappa shape index (κ2) is 6.01. The number of ether oxygens (including phenoxy) is 1. The van der Waals surface area contributed by atoms with Gasteiger partial charge in [-0.3, -0.25) is 0 Å². The summed E-state index contributed by atoms with van der Waals surface area (Å²) in [7, 11) is 1.62. The number of methoxy groups -OCH3 is 1. The molecule has 0 spiro atoms. The van der Waals surface area contributed by atoms with Crippen LogP contribution in [0, 0.1) is 0 Å². The van der Waals surface area contributed by atoms with Crippen LogP contribution in [0.3, 0.4) is 0 Å². The van der Waals surface area contributed by atoms with Crippen molar-refractivity contribution in [3.05, 3.63) is 40.9 Å². The fourth-order valence-corrected chi connectivity index (χ4v) is 2.43. The number of benzene rings is 1. The van der Waals surface area contributed by atoms with Crippen molar-refractivity contribution in [3.8, 4) is 5.75 Å². The molecule has 0 amide bonds. The summed E-state index contributed by atoms with van der Waals surface area (Å²) in [6.45, 7) is 5.94. The van der Waals surface area contributed by atoms with Crippen LogP contribution in [0.1, 0.15) is 25.3 Å². The van der Waals surface area contributed by atoms with Crippen molar-refractivity contribution in [1.82, 2.24) is 0 Å². The number of allylic oxidation sites excluding steroid dienone is 1. The molecule has 1 atom stereocenters. The number of hydrogen-bond donors (Lipinski definition) is 0. The zero-order valence-electron chi connectivity index (χ0n) is 10.2. The van der Waals surface area contributed by atoms with Gasteiger partial charge in [-0.1, -0.05) is 48.0 Å². The van der Waals surface area contributed by atoms with Gasteiger partial charge in [0.15, 0.2) is 0 Å². The van der Waals surface area contributed by atoms with Crippen molar-refractivity contribution in [2.24, 2.45) is 0 Å². The van der Waals surface area contributed by atoms with Gasteiger partial charge in [0.25, 0.3) is 0 Å². The maximum atomic E-state index is 11.5. The lowest BCUT2D eigenvalue weighted by Gasteiger charge is -2.27. The van der Waals surface area contributed by atoms with E-state index in [2.05, 4.69) is 29.4 Å². The Labute approximate surface area is 111 Å². The normalized spacial score (nSPS) is 13.8. The number of hydrogen-bond acceptors (Lipinski definition) is 2. The van der Waals surface area contributed by atoms with E-state index in [4.69, 9.17) is 4.74 Å². The van der Waals surface area contributed by atoms with E-state index in [-0.39, 0.29) is 0 Å². The molecule has 0 fully saturated rings. The minimum Gasteiger partial charge on any atom is -0.497 e. The summed E-state index contributed by atoms with van der Waals surface area (Å²) in [5.74, 6) is 0.783. The summed E-state index contributed by atoms with van der Waals surface area (Å²) in [5, 5.41) is 0. The Kier molecular flexibility index (Phi) is 4.94. The quantitative estimate of drug-likeness (QED) is 0.746. The molecule has 0 saturated heterocycles. The number of halogens is 1. The fraction of sp³-hybridized carbons (Fsp3) is 0.357. The zero-order chi connectivity index (χ0) is 12.9. The van der Waals surface area contributed by atoms with Gasteiger partial charge in [0, 0.05) is 4.48 Å². The molecule has 0 saturated carbocycles. The maximum Gasteiger partial charge on any atom is 0.135 e. The Morgan fingerprint density at radius 2 is 2.06 bits per heavy atom. The smallest absolute Gasteiger partial charge is 0.135 e. The summed E-state index contributed by atoms with van der Waals surface area (Å²) >= 11 is 3.37. The zero-order valence-corrected chi connectivity index (χ0v) is 11.8. The second-order valence-corrected chi connectivity index (χ2v) is 4.93. The van der Waals surface area contributed by atoms with E-state index < -0.39 is 5.41 Å². The first-order valence-electron chi connectivity index (χ1n) is 5.56. The number of rotatable bonds is 6. The maximum absolute atomic E-state index is 11.5. The van der Waals surface area contributed by atoms with Crippen LogP contribution in [0.5, 0.6) is 5.75 Å². The molecule has 2 nitrogen and oxygen atoms in total. The molecular weight excluding hydrogens is 280 g/mol. The second-order valence-electron chi connectivity index (χ2n) is 3.97. The van der Waals surface area contributed by atoms with Gasteiger partial charge in [-0.2, -0.15) is 0 Å². The predicted octanol–water partition coefficient (Wildman–Crippen LogP) is 3.84. The van der Waals surface area contributed by atoms with Gasteiger partial charge in [-0.05, 0) is 24.1 Å². The average molecular weight is 297 g/mol. The molecule has 1 rings (SSSR count). The molecule has 0 N–H and O–H groups in total. The molecule has 92 valence electrons. The molecule has 3 heteroatoms. The number of carbonyl (C=O) groups is 1. The third-order valence-corrected chi connectivity index (χ3v) is 3.64. The van der Waals surface area contributed by atoms with E-state index in [1.54, 1.807) is 7.11 Å². The standard InChI is InChI=1S/C14H17BrO2/c1-4-9-14(10-16,11(2)15)12-5-7-13(17-3)8-6-12/h5-8,10H,2,4,9H2,1,3H3. The SMILES string of the molecule is C=C(Br)C(C=O)(CCC)c1ccc(OC)cc1. The van der Waals surface area contributed by atoms with Crippen LogP contribution in [-0.2, 0) is 10.2 Å². The highest BCUT2D eigenvalue weighted by atomic mass is 79.9. The molecule has 1 unspecified atom stereocenters. The predicted molar refractivity (Wildman–Crippen MR) is 73.7 cm³/mol. The van der Waals surface area contributed by atoms with Gasteiger partial charge in [0.2, 0.25) is 0 Å². The summed E-state index contributed by atoms with van der Waals surface area (Å²) < 4.78 is 5.81. The highest BCUT2D eigenvalue weighted by Gasteiger charge is 2.33. The van der Waals surface area contributed by atoms with Gasteiger partial charge < -0.3 is 9.53 Å². The summed E-state index contributed by atoms with van der Waals surface area (Å²) in [6, 6.07) is 7.54. The van der Waals surface area contributed by atoms with Crippen molar-refractivity contribution in [2.75, 3.05) is 7.11 Å². The lowest BCUT2D eigenvalue weighted by Crippen LogP contribution is -2.27. The average Bonchev–Trinajstić information content (AvgIpc) is 2.36. The van der Waals surface area contributed by atoms with Gasteiger partial charge in [0.1, 0.15) is 12.0 Å². The van der Waals surface area contributed by atoms with Crippen LogP contribution < -0.4 is 4.74 Å². The Morgan fingerprint density at radius 1 is 1.47 bits per heavy atom. The van der Waals surface area contributed by atoms with E-state index >= 15 is 0 Å². The molecule has 0 aliphatic carbocycles. The Balaban J connectivity index is 3.20. The lowest BCUT2D eigenvalue weighted by atomic mass is 9.78. The van der Waals surface area contributed by atoms with Crippen LogP contribution in [0.25, 0.3) is 0 Å². The van der Waals surface area contributed by atoms with Crippen LogP contribution in [0.2, 0.25) is 0 Å². The number of aldehydes is 1. The van der Waals surface area contributed by atoms with Gasteiger partial charge in [-0.25, -0.2) is 0 Å². The van der Waals surface area contributed by atoms with E-state index in [0.29, 0.717) is 4.48 Å². The molecule has 17 heavy (non-hydrogen) atoms. The summed E-state index contributed by atoms with van der Waals surface area (Å²) in [5.41, 5.74) is 0.304. The van der Waals surface area contributed by atoms with Crippen LogP contribution in [0.15, 0.2) is 35.3 Å². The molecule has 0 aromatic heterocycles. The molecule has 0 aliphatic rings. The summed E-state index contributed by atoms with van der Waals surface area (Å²) in [4.78, 5) is 11.5. The lowest BCUT2D eigenvalue weighted by molar-refractivity contribution is -0.111. The van der Waals surface area contributed by atoms with Crippen LogP contribution in [-0.4, -0.2) is 13.4 Å².